The lowest BCUT2D eigenvalue weighted by Gasteiger charge is -2.42. The SMILES string of the molecule is CCCCN(CC)CC1CCCC(C)(C)C1O. The molecule has 17 heavy (non-hydrogen) atoms. The van der Waals surface area contributed by atoms with E-state index in [1.165, 1.54) is 38.6 Å². The first-order valence-corrected chi connectivity index (χ1v) is 7.41. The molecule has 1 rings (SSSR count). The predicted molar refractivity (Wildman–Crippen MR) is 74.2 cm³/mol. The van der Waals surface area contributed by atoms with Crippen LogP contribution < -0.4 is 0 Å². The van der Waals surface area contributed by atoms with E-state index in [2.05, 4.69) is 32.6 Å². The Hall–Kier alpha value is -0.0800. The minimum absolute atomic E-state index is 0.118. The average molecular weight is 241 g/mol. The molecule has 0 aromatic rings. The van der Waals surface area contributed by atoms with E-state index in [1.807, 2.05) is 0 Å². The van der Waals surface area contributed by atoms with Crippen LogP contribution in [0.25, 0.3) is 0 Å². The van der Waals surface area contributed by atoms with Gasteiger partial charge in [-0.15, -0.1) is 0 Å². The second kappa shape index (κ2) is 6.75. The highest BCUT2D eigenvalue weighted by Gasteiger charge is 2.37. The van der Waals surface area contributed by atoms with E-state index >= 15 is 0 Å². The van der Waals surface area contributed by atoms with Crippen LogP contribution in [0.15, 0.2) is 0 Å². The Bertz CT molecular complexity index is 215. The first-order chi connectivity index (χ1) is 8.01. The number of hydrogen-bond acceptors (Lipinski definition) is 2. The summed E-state index contributed by atoms with van der Waals surface area (Å²) in [6.45, 7) is 12.3. The summed E-state index contributed by atoms with van der Waals surface area (Å²) in [6, 6.07) is 0. The molecule has 0 saturated heterocycles. The van der Waals surface area contributed by atoms with Gasteiger partial charge in [-0.1, -0.05) is 40.5 Å². The maximum atomic E-state index is 10.4. The van der Waals surface area contributed by atoms with Crippen molar-refractivity contribution in [2.24, 2.45) is 11.3 Å². The molecule has 2 heteroatoms. The molecule has 2 unspecified atom stereocenters. The molecule has 2 nitrogen and oxygen atoms in total. The standard InChI is InChI=1S/C15H31NO/c1-5-7-11-16(6-2)12-13-9-8-10-15(3,4)14(13)17/h13-14,17H,5-12H2,1-4H3. The van der Waals surface area contributed by atoms with Gasteiger partial charge in [0.25, 0.3) is 0 Å². The molecule has 1 fully saturated rings. The van der Waals surface area contributed by atoms with E-state index in [4.69, 9.17) is 0 Å². The summed E-state index contributed by atoms with van der Waals surface area (Å²) in [5.41, 5.74) is 0.118. The van der Waals surface area contributed by atoms with Gasteiger partial charge in [0.2, 0.25) is 0 Å². The smallest absolute Gasteiger partial charge is 0.0631 e. The maximum Gasteiger partial charge on any atom is 0.0631 e. The Morgan fingerprint density at radius 2 is 2.00 bits per heavy atom. The zero-order chi connectivity index (χ0) is 12.9. The van der Waals surface area contributed by atoms with Crippen molar-refractivity contribution in [2.45, 2.75) is 65.9 Å². The Balaban J connectivity index is 2.48. The van der Waals surface area contributed by atoms with Gasteiger partial charge in [0, 0.05) is 6.54 Å². The van der Waals surface area contributed by atoms with E-state index in [9.17, 15) is 5.11 Å². The van der Waals surface area contributed by atoms with Crippen LogP contribution in [0.4, 0.5) is 0 Å². The van der Waals surface area contributed by atoms with E-state index < -0.39 is 0 Å². The molecule has 0 heterocycles. The number of hydrogen-bond donors (Lipinski definition) is 1. The van der Waals surface area contributed by atoms with Crippen molar-refractivity contribution in [3.8, 4) is 0 Å². The first-order valence-electron chi connectivity index (χ1n) is 7.41. The van der Waals surface area contributed by atoms with Gasteiger partial charge in [-0.2, -0.15) is 0 Å². The largest absolute Gasteiger partial charge is 0.392 e. The van der Waals surface area contributed by atoms with E-state index in [0.29, 0.717) is 5.92 Å². The highest BCUT2D eigenvalue weighted by atomic mass is 16.3. The van der Waals surface area contributed by atoms with Crippen LogP contribution in [-0.2, 0) is 0 Å². The topological polar surface area (TPSA) is 23.5 Å². The highest BCUT2D eigenvalue weighted by molar-refractivity contribution is 4.89. The van der Waals surface area contributed by atoms with Crippen LogP contribution in [0.3, 0.4) is 0 Å². The molecular weight excluding hydrogens is 210 g/mol. The van der Waals surface area contributed by atoms with Crippen molar-refractivity contribution in [3.63, 3.8) is 0 Å². The molecule has 2 atom stereocenters. The molecule has 0 amide bonds. The van der Waals surface area contributed by atoms with Gasteiger partial charge < -0.3 is 10.0 Å². The fourth-order valence-corrected chi connectivity index (χ4v) is 3.05. The van der Waals surface area contributed by atoms with Crippen LogP contribution in [-0.4, -0.2) is 35.7 Å². The minimum Gasteiger partial charge on any atom is -0.392 e. The van der Waals surface area contributed by atoms with Gasteiger partial charge in [-0.05, 0) is 43.7 Å². The molecule has 1 saturated carbocycles. The Kier molecular flexibility index (Phi) is 5.94. The van der Waals surface area contributed by atoms with E-state index in [0.717, 1.165) is 13.1 Å². The zero-order valence-electron chi connectivity index (χ0n) is 12.2. The molecule has 0 radical (unpaired) electrons. The monoisotopic (exact) mass is 241 g/mol. The minimum atomic E-state index is -0.119. The Morgan fingerprint density at radius 3 is 2.59 bits per heavy atom. The summed E-state index contributed by atoms with van der Waals surface area (Å²) in [4.78, 5) is 2.51. The van der Waals surface area contributed by atoms with Gasteiger partial charge in [0.05, 0.1) is 6.10 Å². The average Bonchev–Trinajstić information content (AvgIpc) is 2.29. The summed E-state index contributed by atoms with van der Waals surface area (Å²) in [6.07, 6.45) is 6.07. The van der Waals surface area contributed by atoms with Gasteiger partial charge in [0.15, 0.2) is 0 Å². The summed E-state index contributed by atoms with van der Waals surface area (Å²) >= 11 is 0. The van der Waals surface area contributed by atoms with Gasteiger partial charge in [-0.3, -0.25) is 0 Å². The molecule has 1 aliphatic carbocycles. The quantitative estimate of drug-likeness (QED) is 0.771. The van der Waals surface area contributed by atoms with Crippen LogP contribution in [0.1, 0.15) is 59.8 Å². The molecule has 0 aliphatic heterocycles. The van der Waals surface area contributed by atoms with Gasteiger partial charge in [0.1, 0.15) is 0 Å². The molecule has 0 spiro atoms. The number of unbranched alkanes of at least 4 members (excludes halogenated alkanes) is 1. The summed E-state index contributed by atoms with van der Waals surface area (Å²) in [5.74, 6) is 0.482. The molecule has 0 aromatic carbocycles. The molecule has 0 bridgehead atoms. The van der Waals surface area contributed by atoms with E-state index in [-0.39, 0.29) is 11.5 Å². The number of nitrogens with zero attached hydrogens (tertiary/aromatic N) is 1. The van der Waals surface area contributed by atoms with Gasteiger partial charge >= 0.3 is 0 Å². The fourth-order valence-electron chi connectivity index (χ4n) is 3.05. The van der Waals surface area contributed by atoms with Crippen molar-refractivity contribution in [3.05, 3.63) is 0 Å². The fraction of sp³-hybridized carbons (Fsp3) is 1.00. The summed E-state index contributed by atoms with van der Waals surface area (Å²) in [5, 5.41) is 10.4. The zero-order valence-corrected chi connectivity index (χ0v) is 12.2. The Morgan fingerprint density at radius 1 is 1.29 bits per heavy atom. The van der Waals surface area contributed by atoms with Crippen molar-refractivity contribution < 1.29 is 5.11 Å². The van der Waals surface area contributed by atoms with Crippen molar-refractivity contribution in [2.75, 3.05) is 19.6 Å². The number of aliphatic hydroxyl groups is 1. The lowest BCUT2D eigenvalue weighted by atomic mass is 9.69. The van der Waals surface area contributed by atoms with Crippen molar-refractivity contribution in [1.82, 2.24) is 4.90 Å². The van der Waals surface area contributed by atoms with Crippen LogP contribution in [0.5, 0.6) is 0 Å². The summed E-state index contributed by atoms with van der Waals surface area (Å²) < 4.78 is 0. The third-order valence-electron chi connectivity index (χ3n) is 4.41. The molecule has 0 aromatic heterocycles. The van der Waals surface area contributed by atoms with Crippen LogP contribution >= 0.6 is 0 Å². The number of aliphatic hydroxyl groups excluding tert-OH is 1. The highest BCUT2D eigenvalue weighted by Crippen LogP contribution is 2.39. The lowest BCUT2D eigenvalue weighted by molar-refractivity contribution is -0.0426. The Labute approximate surface area is 107 Å². The second-order valence-corrected chi connectivity index (χ2v) is 6.33. The molecule has 1 N–H and O–H groups in total. The van der Waals surface area contributed by atoms with Crippen LogP contribution in [0.2, 0.25) is 0 Å². The maximum absolute atomic E-state index is 10.4. The molecule has 1 aliphatic rings. The lowest BCUT2D eigenvalue weighted by Crippen LogP contribution is -2.45. The van der Waals surface area contributed by atoms with Gasteiger partial charge in [-0.25, -0.2) is 0 Å². The van der Waals surface area contributed by atoms with E-state index in [1.54, 1.807) is 0 Å². The molecule has 102 valence electrons. The normalized spacial score (nSPS) is 28.6. The third kappa shape index (κ3) is 4.26. The number of rotatable bonds is 6. The molecular formula is C15H31NO. The summed E-state index contributed by atoms with van der Waals surface area (Å²) in [7, 11) is 0. The van der Waals surface area contributed by atoms with Crippen molar-refractivity contribution >= 4 is 0 Å². The van der Waals surface area contributed by atoms with Crippen molar-refractivity contribution in [1.29, 1.82) is 0 Å². The third-order valence-corrected chi connectivity index (χ3v) is 4.41. The predicted octanol–water partition coefficient (Wildman–Crippen LogP) is 3.30. The van der Waals surface area contributed by atoms with Crippen LogP contribution in [0, 0.1) is 11.3 Å². The second-order valence-electron chi connectivity index (χ2n) is 6.33. The first kappa shape index (κ1) is 15.0.